The van der Waals surface area contributed by atoms with Crippen molar-refractivity contribution in [3.8, 4) is 0 Å². The highest BCUT2D eigenvalue weighted by Crippen LogP contribution is 2.72. The minimum Gasteiger partial charge on any atom is -0.394 e. The van der Waals surface area contributed by atoms with Crippen LogP contribution in [-0.4, -0.2) is 69.0 Å². The van der Waals surface area contributed by atoms with Crippen molar-refractivity contribution in [1.29, 1.82) is 0 Å². The van der Waals surface area contributed by atoms with Gasteiger partial charge in [-0.05, 0) is 63.8 Å². The zero-order valence-corrected chi connectivity index (χ0v) is 25.8. The fourth-order valence-corrected chi connectivity index (χ4v) is 9.94. The van der Waals surface area contributed by atoms with Crippen LogP contribution in [0.25, 0.3) is 0 Å². The van der Waals surface area contributed by atoms with E-state index in [0.29, 0.717) is 19.4 Å². The van der Waals surface area contributed by atoms with E-state index in [0.717, 1.165) is 22.5 Å². The number of nitrogens with zero attached hydrogens (tertiary/aromatic N) is 3. The maximum atomic E-state index is 14.9. The molecule has 7 nitrogen and oxygen atoms in total. The Morgan fingerprint density at radius 1 is 1.02 bits per heavy atom. The molecule has 2 bridgehead atoms. The number of aliphatic hydroxyl groups excluding tert-OH is 1. The van der Waals surface area contributed by atoms with Gasteiger partial charge in [-0.25, -0.2) is 0 Å². The van der Waals surface area contributed by atoms with Crippen molar-refractivity contribution in [1.82, 2.24) is 4.90 Å². The second kappa shape index (κ2) is 11.4. The number of para-hydroxylation sites is 2. The first kappa shape index (κ1) is 30.1. The zero-order chi connectivity index (χ0) is 30.4. The van der Waals surface area contributed by atoms with E-state index in [2.05, 4.69) is 20.1 Å². The smallest absolute Gasteiger partial charge is 0.251 e. The molecule has 5 rings (SSSR count). The Morgan fingerprint density at radius 2 is 1.64 bits per heavy atom. The van der Waals surface area contributed by atoms with Gasteiger partial charge in [-0.1, -0.05) is 48.6 Å². The van der Waals surface area contributed by atoms with Crippen LogP contribution in [0.4, 0.5) is 11.4 Å². The molecule has 8 heteroatoms. The third-order valence-electron chi connectivity index (χ3n) is 9.39. The Hall–Kier alpha value is -3.36. The van der Waals surface area contributed by atoms with Gasteiger partial charge in [0, 0.05) is 29.2 Å². The molecule has 222 valence electrons. The molecule has 0 radical (unpaired) electrons. The molecule has 42 heavy (non-hydrogen) atoms. The van der Waals surface area contributed by atoms with Gasteiger partial charge in [0.05, 0.1) is 29.2 Å². The second-order valence-electron chi connectivity index (χ2n) is 12.1. The van der Waals surface area contributed by atoms with Crippen molar-refractivity contribution in [2.75, 3.05) is 29.5 Å². The van der Waals surface area contributed by atoms with Gasteiger partial charge < -0.3 is 19.8 Å². The van der Waals surface area contributed by atoms with E-state index >= 15 is 0 Å². The molecule has 2 aromatic rings. The topological polar surface area (TPSA) is 81.2 Å². The Bertz CT molecular complexity index is 1390. The number of anilines is 2. The molecular formula is C34H41N3O4S. The van der Waals surface area contributed by atoms with Crippen LogP contribution in [0.5, 0.6) is 0 Å². The van der Waals surface area contributed by atoms with Crippen molar-refractivity contribution < 1.29 is 19.5 Å². The first-order valence-electron chi connectivity index (χ1n) is 14.6. The van der Waals surface area contributed by atoms with E-state index in [1.54, 1.807) is 45.5 Å². The van der Waals surface area contributed by atoms with Gasteiger partial charge in [0.2, 0.25) is 11.8 Å². The van der Waals surface area contributed by atoms with E-state index in [1.165, 1.54) is 0 Å². The van der Waals surface area contributed by atoms with Crippen molar-refractivity contribution >= 4 is 40.9 Å². The third-order valence-corrected chi connectivity index (χ3v) is 11.4. The van der Waals surface area contributed by atoms with Crippen molar-refractivity contribution in [3.63, 3.8) is 0 Å². The van der Waals surface area contributed by atoms with Crippen molar-refractivity contribution in [2.45, 2.75) is 62.1 Å². The standard InChI is InChI=1S/C34H41N3O4S/c1-7-19-35(25-15-10-9-11-16-25)30(39)26-27-31(40)37(24(5)21-38)29(34(27)18-17-33(26,6)42-34)32(41)36(20-8-2)28-22(3)13-12-14-23(28)4/h7-16,24,26-27,29,38H,1-2,17-21H2,3-6H3/t24-,26+,27+,29?,33-,34?/m1/s1. The fourth-order valence-electron chi connectivity index (χ4n) is 7.61. The minimum absolute atomic E-state index is 0.126. The van der Waals surface area contributed by atoms with Crippen molar-refractivity contribution in [2.24, 2.45) is 11.8 Å². The maximum absolute atomic E-state index is 14.9. The molecule has 0 aliphatic carbocycles. The molecule has 1 spiro atoms. The largest absolute Gasteiger partial charge is 0.394 e. The van der Waals surface area contributed by atoms with Gasteiger partial charge in [-0.2, -0.15) is 0 Å². The number of likely N-dealkylation sites (tertiary alicyclic amines) is 1. The predicted octanol–water partition coefficient (Wildman–Crippen LogP) is 4.90. The molecule has 2 unspecified atom stereocenters. The third kappa shape index (κ3) is 4.51. The normalized spacial score (nSPS) is 28.4. The summed E-state index contributed by atoms with van der Waals surface area (Å²) in [4.78, 5) is 49.0. The molecule has 6 atom stereocenters. The van der Waals surface area contributed by atoms with Gasteiger partial charge in [0.1, 0.15) is 6.04 Å². The molecule has 3 aliphatic heterocycles. The lowest BCUT2D eigenvalue weighted by molar-refractivity contribution is -0.142. The van der Waals surface area contributed by atoms with Gasteiger partial charge in [-0.3, -0.25) is 14.4 Å². The number of carbonyl (C=O) groups excluding carboxylic acids is 3. The summed E-state index contributed by atoms with van der Waals surface area (Å²) in [5.74, 6) is -1.85. The van der Waals surface area contributed by atoms with Crippen LogP contribution < -0.4 is 9.80 Å². The summed E-state index contributed by atoms with van der Waals surface area (Å²) >= 11 is 1.64. The number of aliphatic hydroxyl groups is 1. The number of hydrogen-bond donors (Lipinski definition) is 1. The van der Waals surface area contributed by atoms with E-state index < -0.39 is 33.4 Å². The fraction of sp³-hybridized carbons (Fsp3) is 0.441. The van der Waals surface area contributed by atoms with Gasteiger partial charge >= 0.3 is 0 Å². The Kier molecular flexibility index (Phi) is 8.16. The van der Waals surface area contributed by atoms with Crippen LogP contribution >= 0.6 is 11.8 Å². The molecule has 0 saturated carbocycles. The summed E-state index contributed by atoms with van der Waals surface area (Å²) < 4.78 is -1.31. The highest BCUT2D eigenvalue weighted by molar-refractivity contribution is 8.02. The summed E-state index contributed by atoms with van der Waals surface area (Å²) in [6.45, 7) is 15.9. The Labute approximate surface area is 253 Å². The van der Waals surface area contributed by atoms with Crippen LogP contribution in [0.15, 0.2) is 73.8 Å². The van der Waals surface area contributed by atoms with E-state index in [4.69, 9.17) is 0 Å². The molecule has 2 aromatic carbocycles. The van der Waals surface area contributed by atoms with E-state index in [1.807, 2.05) is 62.4 Å². The van der Waals surface area contributed by atoms with Crippen molar-refractivity contribution in [3.05, 3.63) is 85.0 Å². The molecule has 1 N–H and O–H groups in total. The number of benzene rings is 2. The summed E-state index contributed by atoms with van der Waals surface area (Å²) in [5, 5.41) is 10.3. The van der Waals surface area contributed by atoms with Crippen LogP contribution in [-0.2, 0) is 14.4 Å². The van der Waals surface area contributed by atoms with Crippen LogP contribution in [0.3, 0.4) is 0 Å². The quantitative estimate of drug-likeness (QED) is 0.400. The average molecular weight is 588 g/mol. The predicted molar refractivity (Wildman–Crippen MR) is 170 cm³/mol. The van der Waals surface area contributed by atoms with E-state index in [-0.39, 0.29) is 30.9 Å². The minimum atomic E-state index is -0.828. The number of thioether (sulfide) groups is 1. The number of hydrogen-bond acceptors (Lipinski definition) is 5. The Balaban J connectivity index is 1.63. The number of fused-ring (bicyclic) bond motifs is 1. The summed E-state index contributed by atoms with van der Waals surface area (Å²) in [6.07, 6.45) is 4.75. The second-order valence-corrected chi connectivity index (χ2v) is 14.0. The molecule has 3 heterocycles. The molecular weight excluding hydrogens is 546 g/mol. The number of amides is 3. The average Bonchev–Trinajstić information content (AvgIpc) is 3.55. The molecule has 3 saturated heterocycles. The molecule has 3 amide bonds. The monoisotopic (exact) mass is 587 g/mol. The lowest BCUT2D eigenvalue weighted by atomic mass is 9.66. The number of carbonyl (C=O) groups is 3. The summed E-state index contributed by atoms with van der Waals surface area (Å²) in [7, 11) is 0. The molecule has 3 fully saturated rings. The molecule has 0 aromatic heterocycles. The van der Waals surface area contributed by atoms with Gasteiger partial charge in [-0.15, -0.1) is 24.9 Å². The van der Waals surface area contributed by atoms with Gasteiger partial charge in [0.15, 0.2) is 0 Å². The van der Waals surface area contributed by atoms with Gasteiger partial charge in [0.25, 0.3) is 5.91 Å². The number of aryl methyl sites for hydroxylation is 2. The van der Waals surface area contributed by atoms with Crippen LogP contribution in [0.2, 0.25) is 0 Å². The lowest BCUT2D eigenvalue weighted by Gasteiger charge is -2.39. The molecule has 3 aliphatic rings. The summed E-state index contributed by atoms with van der Waals surface area (Å²) in [6, 6.07) is 14.0. The zero-order valence-electron chi connectivity index (χ0n) is 25.0. The summed E-state index contributed by atoms with van der Waals surface area (Å²) in [5.41, 5.74) is 3.47. The first-order valence-corrected chi connectivity index (χ1v) is 15.5. The number of rotatable bonds is 10. The lowest BCUT2D eigenvalue weighted by Crippen LogP contribution is -2.57. The SMILES string of the molecule is C=CCN(C(=O)[C@@H]1[C@H]2C(=O)N([C@H](C)CO)C(C(=O)N(CC=C)c3c(C)cccc3C)C23CC[C@@]1(C)S3)c1ccccc1. The van der Waals surface area contributed by atoms with Crippen LogP contribution in [0, 0.1) is 25.7 Å². The first-order chi connectivity index (χ1) is 20.1. The van der Waals surface area contributed by atoms with Crippen LogP contribution in [0.1, 0.15) is 37.8 Å². The highest BCUT2D eigenvalue weighted by Gasteiger charge is 2.78. The highest BCUT2D eigenvalue weighted by atomic mass is 32.2. The Morgan fingerprint density at radius 3 is 2.24 bits per heavy atom. The maximum Gasteiger partial charge on any atom is 0.251 e. The van der Waals surface area contributed by atoms with E-state index in [9.17, 15) is 19.5 Å².